The van der Waals surface area contributed by atoms with Crippen molar-refractivity contribution in [3.8, 4) is 17.1 Å². The molecule has 1 aromatic heterocycles. The van der Waals surface area contributed by atoms with Crippen molar-refractivity contribution in [3.63, 3.8) is 0 Å². The van der Waals surface area contributed by atoms with E-state index in [0.717, 1.165) is 16.8 Å². The molecule has 144 valence electrons. The number of halogens is 1. The highest BCUT2D eigenvalue weighted by atomic mass is 32.2. The van der Waals surface area contributed by atoms with Gasteiger partial charge >= 0.3 is 0 Å². The van der Waals surface area contributed by atoms with Gasteiger partial charge in [0.2, 0.25) is 0 Å². The van der Waals surface area contributed by atoms with Crippen LogP contribution in [0, 0.1) is 12.7 Å². The first kappa shape index (κ1) is 19.1. The van der Waals surface area contributed by atoms with E-state index in [1.54, 1.807) is 0 Å². The van der Waals surface area contributed by atoms with Crippen LogP contribution in [0.4, 0.5) is 4.39 Å². The summed E-state index contributed by atoms with van der Waals surface area (Å²) in [7, 11) is 0. The van der Waals surface area contributed by atoms with E-state index in [4.69, 9.17) is 0 Å². The first-order chi connectivity index (χ1) is 14.1. The van der Waals surface area contributed by atoms with Crippen LogP contribution in [0.25, 0.3) is 17.1 Å². The predicted molar refractivity (Wildman–Crippen MR) is 113 cm³/mol. The molecule has 0 saturated heterocycles. The summed E-state index contributed by atoms with van der Waals surface area (Å²) in [4.78, 5) is 12.5. The molecule has 4 rings (SSSR count). The van der Waals surface area contributed by atoms with Crippen molar-refractivity contribution >= 4 is 17.5 Å². The zero-order valence-corrected chi connectivity index (χ0v) is 16.6. The van der Waals surface area contributed by atoms with Crippen LogP contribution in [0.5, 0.6) is 0 Å². The number of thioether (sulfide) groups is 1. The van der Waals surface area contributed by atoms with Crippen molar-refractivity contribution in [1.29, 1.82) is 0 Å². The molecular weight excluding hydrogens is 385 g/mol. The number of carbonyl (C=O) groups is 1. The molecular formula is C23H18FN3OS. The Bertz CT molecular complexity index is 1120. The van der Waals surface area contributed by atoms with E-state index < -0.39 is 0 Å². The van der Waals surface area contributed by atoms with Gasteiger partial charge in [0.15, 0.2) is 16.8 Å². The van der Waals surface area contributed by atoms with E-state index in [0.29, 0.717) is 16.5 Å². The monoisotopic (exact) mass is 403 g/mol. The average Bonchev–Trinajstić information content (AvgIpc) is 3.17. The Hall–Kier alpha value is -3.25. The highest BCUT2D eigenvalue weighted by molar-refractivity contribution is 7.99. The second kappa shape index (κ2) is 8.41. The first-order valence-corrected chi connectivity index (χ1v) is 10.1. The molecule has 4 nitrogen and oxygen atoms in total. The minimum atomic E-state index is -0.360. The Morgan fingerprint density at radius 2 is 1.62 bits per heavy atom. The third-order valence-electron chi connectivity index (χ3n) is 4.46. The second-order valence-corrected chi connectivity index (χ2v) is 7.50. The molecule has 0 amide bonds. The van der Waals surface area contributed by atoms with Crippen LogP contribution in [-0.4, -0.2) is 26.3 Å². The van der Waals surface area contributed by atoms with Crippen LogP contribution in [0.2, 0.25) is 0 Å². The Morgan fingerprint density at radius 3 is 2.31 bits per heavy atom. The molecule has 0 aliphatic carbocycles. The van der Waals surface area contributed by atoms with Gasteiger partial charge in [-0.15, -0.1) is 10.2 Å². The molecule has 0 unspecified atom stereocenters. The van der Waals surface area contributed by atoms with Crippen molar-refractivity contribution < 1.29 is 9.18 Å². The zero-order valence-electron chi connectivity index (χ0n) is 15.7. The molecule has 0 bridgehead atoms. The van der Waals surface area contributed by atoms with Gasteiger partial charge < -0.3 is 0 Å². The quantitative estimate of drug-likeness (QED) is 0.321. The maximum absolute atomic E-state index is 13.1. The molecule has 1 heterocycles. The summed E-state index contributed by atoms with van der Waals surface area (Å²) >= 11 is 1.31. The zero-order chi connectivity index (χ0) is 20.2. The second-order valence-electron chi connectivity index (χ2n) is 6.56. The molecule has 6 heteroatoms. The van der Waals surface area contributed by atoms with E-state index in [1.165, 1.54) is 36.0 Å². The van der Waals surface area contributed by atoms with Crippen molar-refractivity contribution in [2.75, 3.05) is 5.75 Å². The van der Waals surface area contributed by atoms with E-state index in [2.05, 4.69) is 10.2 Å². The summed E-state index contributed by atoms with van der Waals surface area (Å²) in [6, 6.07) is 23.5. The SMILES string of the molecule is Cc1ccc(-n2c(SCC(=O)c3ccc(F)cc3)nnc2-c2ccccc2)cc1. The number of rotatable bonds is 6. The predicted octanol–water partition coefficient (Wildman–Crippen LogP) is 5.36. The first-order valence-electron chi connectivity index (χ1n) is 9.11. The van der Waals surface area contributed by atoms with E-state index >= 15 is 0 Å². The standard InChI is InChI=1S/C23H18FN3OS/c1-16-7-13-20(14-8-16)27-22(18-5-3-2-4-6-18)25-26-23(27)29-15-21(28)17-9-11-19(24)12-10-17/h2-14H,15H2,1H3. The van der Waals surface area contributed by atoms with Gasteiger partial charge in [-0.25, -0.2) is 4.39 Å². The number of nitrogens with zero attached hydrogens (tertiary/aromatic N) is 3. The topological polar surface area (TPSA) is 47.8 Å². The maximum Gasteiger partial charge on any atom is 0.196 e. The van der Waals surface area contributed by atoms with Gasteiger partial charge in [-0.2, -0.15) is 0 Å². The van der Waals surface area contributed by atoms with E-state index in [9.17, 15) is 9.18 Å². The molecule has 0 saturated carbocycles. The summed E-state index contributed by atoms with van der Waals surface area (Å²) in [5.41, 5.74) is 3.50. The van der Waals surface area contributed by atoms with Crippen molar-refractivity contribution in [2.45, 2.75) is 12.1 Å². The molecule has 0 aliphatic rings. The summed E-state index contributed by atoms with van der Waals surface area (Å²) < 4.78 is 15.1. The molecule has 0 N–H and O–H groups in total. The molecule has 0 atom stereocenters. The largest absolute Gasteiger partial charge is 0.293 e. The molecule has 3 aromatic carbocycles. The van der Waals surface area contributed by atoms with Crippen LogP contribution in [-0.2, 0) is 0 Å². The van der Waals surface area contributed by atoms with Crippen molar-refractivity contribution in [2.24, 2.45) is 0 Å². The van der Waals surface area contributed by atoms with E-state index in [-0.39, 0.29) is 17.4 Å². The lowest BCUT2D eigenvalue weighted by molar-refractivity contribution is 0.102. The van der Waals surface area contributed by atoms with Gasteiger partial charge in [0.1, 0.15) is 5.82 Å². The molecule has 0 aliphatic heterocycles. The smallest absolute Gasteiger partial charge is 0.196 e. The van der Waals surface area contributed by atoms with Gasteiger partial charge in [-0.3, -0.25) is 9.36 Å². The van der Waals surface area contributed by atoms with Gasteiger partial charge in [0.05, 0.1) is 5.75 Å². The fraction of sp³-hybridized carbons (Fsp3) is 0.0870. The summed E-state index contributed by atoms with van der Waals surface area (Å²) in [5, 5.41) is 9.34. The Morgan fingerprint density at radius 1 is 0.931 bits per heavy atom. The maximum atomic E-state index is 13.1. The number of hydrogen-bond acceptors (Lipinski definition) is 4. The highest BCUT2D eigenvalue weighted by Crippen LogP contribution is 2.28. The number of carbonyl (C=O) groups excluding carboxylic acids is 1. The average molecular weight is 403 g/mol. The lowest BCUT2D eigenvalue weighted by Crippen LogP contribution is -2.05. The van der Waals surface area contributed by atoms with E-state index in [1.807, 2.05) is 66.1 Å². The third kappa shape index (κ3) is 4.27. The van der Waals surface area contributed by atoms with Crippen LogP contribution >= 0.6 is 11.8 Å². The van der Waals surface area contributed by atoms with Gasteiger partial charge in [0, 0.05) is 16.8 Å². The number of aromatic nitrogens is 3. The molecule has 0 fully saturated rings. The van der Waals surface area contributed by atoms with Crippen molar-refractivity contribution in [3.05, 3.63) is 95.8 Å². The fourth-order valence-electron chi connectivity index (χ4n) is 2.91. The van der Waals surface area contributed by atoms with Crippen LogP contribution < -0.4 is 0 Å². The highest BCUT2D eigenvalue weighted by Gasteiger charge is 2.17. The molecule has 0 spiro atoms. The lowest BCUT2D eigenvalue weighted by Gasteiger charge is -2.10. The summed E-state index contributed by atoms with van der Waals surface area (Å²) in [5.74, 6) is 0.450. The van der Waals surface area contributed by atoms with Gasteiger partial charge in [-0.05, 0) is 43.3 Å². The number of aryl methyl sites for hydroxylation is 1. The van der Waals surface area contributed by atoms with Crippen LogP contribution in [0.15, 0.2) is 84.0 Å². The molecule has 4 aromatic rings. The number of Topliss-reactive ketones (excluding diaryl/α,β-unsaturated/α-hetero) is 1. The number of ketones is 1. The van der Waals surface area contributed by atoms with Gasteiger partial charge in [0.25, 0.3) is 0 Å². The van der Waals surface area contributed by atoms with Gasteiger partial charge in [-0.1, -0.05) is 59.8 Å². The Kier molecular flexibility index (Phi) is 5.53. The number of benzene rings is 3. The number of hydrogen-bond donors (Lipinski definition) is 0. The molecule has 29 heavy (non-hydrogen) atoms. The summed E-state index contributed by atoms with van der Waals surface area (Å²) in [6.45, 7) is 2.03. The minimum absolute atomic E-state index is 0.0882. The fourth-order valence-corrected chi connectivity index (χ4v) is 3.76. The Balaban J connectivity index is 1.66. The summed E-state index contributed by atoms with van der Waals surface area (Å²) in [6.07, 6.45) is 0. The lowest BCUT2D eigenvalue weighted by atomic mass is 10.1. The third-order valence-corrected chi connectivity index (χ3v) is 5.39. The molecule has 0 radical (unpaired) electrons. The Labute approximate surface area is 172 Å². The van der Waals surface area contributed by atoms with Crippen molar-refractivity contribution in [1.82, 2.24) is 14.8 Å². The van der Waals surface area contributed by atoms with Crippen LogP contribution in [0.1, 0.15) is 15.9 Å². The minimum Gasteiger partial charge on any atom is -0.293 e. The van der Waals surface area contributed by atoms with Crippen LogP contribution in [0.3, 0.4) is 0 Å². The normalized spacial score (nSPS) is 10.8.